The molecule has 7 nitrogen and oxygen atoms in total. The smallest absolute Gasteiger partial charge is 0.247 e. The van der Waals surface area contributed by atoms with Crippen LogP contribution in [0.25, 0.3) is 0 Å². The van der Waals surface area contributed by atoms with E-state index in [1.165, 1.54) is 6.07 Å². The van der Waals surface area contributed by atoms with Crippen molar-refractivity contribution in [3.8, 4) is 0 Å². The highest BCUT2D eigenvalue weighted by atomic mass is 16.5. The van der Waals surface area contributed by atoms with Crippen LogP contribution in [-0.4, -0.2) is 55.0 Å². The number of carbonyl (C=O) groups is 2. The predicted octanol–water partition coefficient (Wildman–Crippen LogP) is -0.0814. The summed E-state index contributed by atoms with van der Waals surface area (Å²) in [7, 11) is 1.64. The topological polar surface area (TPSA) is 91.5 Å². The lowest BCUT2D eigenvalue weighted by atomic mass is 9.73. The summed E-state index contributed by atoms with van der Waals surface area (Å²) in [5.41, 5.74) is 0.255. The van der Waals surface area contributed by atoms with E-state index in [0.717, 1.165) is 5.56 Å². The molecular formula is C17H23N3O4. The number of nitrogens with one attached hydrogen (secondary N) is 2. The number of fused-ring (bicyclic) bond motifs is 1. The number of aromatic amines is 1. The average Bonchev–Trinajstić information content (AvgIpc) is 3.01. The molecule has 130 valence electrons. The molecule has 2 fully saturated rings. The van der Waals surface area contributed by atoms with Crippen molar-refractivity contribution in [2.24, 2.45) is 11.3 Å². The summed E-state index contributed by atoms with van der Waals surface area (Å²) in [4.78, 5) is 40.4. The first-order chi connectivity index (χ1) is 11.5. The number of H-pyrrole nitrogens is 1. The van der Waals surface area contributed by atoms with Gasteiger partial charge in [-0.15, -0.1) is 0 Å². The van der Waals surface area contributed by atoms with Crippen LogP contribution in [0.5, 0.6) is 0 Å². The van der Waals surface area contributed by atoms with Gasteiger partial charge in [-0.1, -0.05) is 6.07 Å². The molecular weight excluding hydrogens is 310 g/mol. The zero-order valence-electron chi connectivity index (χ0n) is 13.8. The molecule has 0 spiro atoms. The Hall–Kier alpha value is -2.15. The Kier molecular flexibility index (Phi) is 4.71. The molecule has 7 heteroatoms. The number of pyridine rings is 1. The molecule has 1 aromatic rings. The van der Waals surface area contributed by atoms with Crippen molar-refractivity contribution in [3.05, 3.63) is 34.2 Å². The second-order valence-electron chi connectivity index (χ2n) is 6.59. The molecule has 0 saturated carbocycles. The lowest BCUT2D eigenvalue weighted by molar-refractivity contribution is -0.139. The molecule has 2 amide bonds. The van der Waals surface area contributed by atoms with Crippen molar-refractivity contribution < 1.29 is 14.3 Å². The van der Waals surface area contributed by atoms with Gasteiger partial charge in [0.25, 0.3) is 0 Å². The fraction of sp³-hybridized carbons (Fsp3) is 0.588. The summed E-state index contributed by atoms with van der Waals surface area (Å²) in [5, 5.41) is 2.75. The largest absolute Gasteiger partial charge is 0.381 e. The number of aromatic nitrogens is 1. The minimum Gasteiger partial charge on any atom is -0.381 e. The van der Waals surface area contributed by atoms with Crippen LogP contribution in [0.2, 0.25) is 0 Å². The Labute approximate surface area is 140 Å². The molecule has 0 aromatic carbocycles. The van der Waals surface area contributed by atoms with Crippen LogP contribution in [0.1, 0.15) is 18.4 Å². The minimum atomic E-state index is -0.513. The van der Waals surface area contributed by atoms with E-state index in [9.17, 15) is 14.4 Å². The van der Waals surface area contributed by atoms with E-state index >= 15 is 0 Å². The van der Waals surface area contributed by atoms with E-state index in [-0.39, 0.29) is 23.3 Å². The average molecular weight is 333 g/mol. The standard InChI is InChI=1S/C17H23N3O4/c1-18-16(23)17-6-7-24-10-13(17)9-20(11-17)15(22)5-3-12-2-4-14(21)19-8-12/h2,4,8,13H,3,5-7,9-11H2,1H3,(H,18,23)(H,19,21)/t13-,17+/m1/s1. The highest BCUT2D eigenvalue weighted by Gasteiger charge is 2.54. The molecule has 0 bridgehead atoms. The third-order valence-corrected chi connectivity index (χ3v) is 5.21. The molecule has 3 rings (SSSR count). The SMILES string of the molecule is CNC(=O)[C@]12CCOC[C@H]1CN(C(=O)CCc1ccc(=O)[nH]c1)C2. The lowest BCUT2D eigenvalue weighted by Gasteiger charge is -2.36. The molecule has 0 radical (unpaired) electrons. The van der Waals surface area contributed by atoms with Gasteiger partial charge in [0, 0.05) is 51.3 Å². The molecule has 0 aliphatic carbocycles. The van der Waals surface area contributed by atoms with Crippen molar-refractivity contribution in [2.45, 2.75) is 19.3 Å². The fourth-order valence-electron chi connectivity index (χ4n) is 3.77. The zero-order valence-corrected chi connectivity index (χ0v) is 13.8. The Morgan fingerprint density at radius 3 is 3.00 bits per heavy atom. The van der Waals surface area contributed by atoms with E-state index in [2.05, 4.69) is 10.3 Å². The maximum atomic E-state index is 12.6. The first-order valence-electron chi connectivity index (χ1n) is 8.30. The molecule has 0 unspecified atom stereocenters. The minimum absolute atomic E-state index is 0.00624. The van der Waals surface area contributed by atoms with Gasteiger partial charge in [-0.25, -0.2) is 0 Å². The Bertz CT molecular complexity index is 666. The van der Waals surface area contributed by atoms with Crippen molar-refractivity contribution >= 4 is 11.8 Å². The van der Waals surface area contributed by atoms with Gasteiger partial charge < -0.3 is 19.9 Å². The number of amides is 2. The molecule has 2 aliphatic heterocycles. The summed E-state index contributed by atoms with van der Waals surface area (Å²) < 4.78 is 5.52. The summed E-state index contributed by atoms with van der Waals surface area (Å²) in [6, 6.07) is 3.19. The van der Waals surface area contributed by atoms with Crippen LogP contribution >= 0.6 is 0 Å². The maximum absolute atomic E-state index is 12.6. The van der Waals surface area contributed by atoms with Crippen LogP contribution in [-0.2, 0) is 20.7 Å². The Morgan fingerprint density at radius 1 is 1.46 bits per heavy atom. The van der Waals surface area contributed by atoms with Crippen LogP contribution in [0.15, 0.2) is 23.1 Å². The quantitative estimate of drug-likeness (QED) is 0.806. The van der Waals surface area contributed by atoms with Crippen LogP contribution in [0.3, 0.4) is 0 Å². The summed E-state index contributed by atoms with van der Waals surface area (Å²) in [6.45, 7) is 2.11. The van der Waals surface area contributed by atoms with E-state index < -0.39 is 5.41 Å². The highest BCUT2D eigenvalue weighted by molar-refractivity contribution is 5.85. The molecule has 2 N–H and O–H groups in total. The number of hydrogen-bond donors (Lipinski definition) is 2. The van der Waals surface area contributed by atoms with Crippen molar-refractivity contribution in [3.63, 3.8) is 0 Å². The third-order valence-electron chi connectivity index (χ3n) is 5.21. The number of aryl methyl sites for hydroxylation is 1. The number of ether oxygens (including phenoxy) is 1. The lowest BCUT2D eigenvalue weighted by Crippen LogP contribution is -2.49. The monoisotopic (exact) mass is 333 g/mol. The number of rotatable bonds is 4. The number of hydrogen-bond acceptors (Lipinski definition) is 4. The number of nitrogens with zero attached hydrogens (tertiary/aromatic N) is 1. The van der Waals surface area contributed by atoms with E-state index in [1.54, 1.807) is 24.2 Å². The van der Waals surface area contributed by atoms with Gasteiger partial charge >= 0.3 is 0 Å². The molecule has 1 aromatic heterocycles. The zero-order chi connectivity index (χ0) is 17.2. The Balaban J connectivity index is 1.64. The van der Waals surface area contributed by atoms with E-state index in [4.69, 9.17) is 4.74 Å². The highest BCUT2D eigenvalue weighted by Crippen LogP contribution is 2.42. The Morgan fingerprint density at radius 2 is 2.29 bits per heavy atom. The maximum Gasteiger partial charge on any atom is 0.247 e. The second kappa shape index (κ2) is 6.76. The van der Waals surface area contributed by atoms with Gasteiger partial charge in [0.1, 0.15) is 0 Å². The van der Waals surface area contributed by atoms with E-state index in [0.29, 0.717) is 45.6 Å². The first-order valence-corrected chi connectivity index (χ1v) is 8.30. The van der Waals surface area contributed by atoms with Gasteiger partial charge in [-0.2, -0.15) is 0 Å². The van der Waals surface area contributed by atoms with Crippen LogP contribution in [0, 0.1) is 11.3 Å². The molecule has 2 aliphatic rings. The first kappa shape index (κ1) is 16.7. The number of likely N-dealkylation sites (tertiary alicyclic amines) is 1. The van der Waals surface area contributed by atoms with Gasteiger partial charge in [0.15, 0.2) is 0 Å². The van der Waals surface area contributed by atoms with Crippen molar-refractivity contribution in [1.82, 2.24) is 15.2 Å². The molecule has 2 atom stereocenters. The fourth-order valence-corrected chi connectivity index (χ4v) is 3.77. The van der Waals surface area contributed by atoms with Crippen LogP contribution in [0.4, 0.5) is 0 Å². The summed E-state index contributed by atoms with van der Waals surface area (Å²) >= 11 is 0. The summed E-state index contributed by atoms with van der Waals surface area (Å²) in [6.07, 6.45) is 3.23. The van der Waals surface area contributed by atoms with E-state index in [1.807, 2.05) is 0 Å². The van der Waals surface area contributed by atoms with Gasteiger partial charge in [-0.3, -0.25) is 14.4 Å². The van der Waals surface area contributed by atoms with Gasteiger partial charge in [-0.05, 0) is 18.4 Å². The van der Waals surface area contributed by atoms with Gasteiger partial charge in [0.2, 0.25) is 17.4 Å². The van der Waals surface area contributed by atoms with Crippen LogP contribution < -0.4 is 10.9 Å². The normalized spacial score (nSPS) is 26.0. The second-order valence-corrected chi connectivity index (χ2v) is 6.59. The van der Waals surface area contributed by atoms with Crippen molar-refractivity contribution in [2.75, 3.05) is 33.4 Å². The molecule has 2 saturated heterocycles. The molecule has 3 heterocycles. The third kappa shape index (κ3) is 3.08. The molecule has 24 heavy (non-hydrogen) atoms. The van der Waals surface area contributed by atoms with Gasteiger partial charge in [0.05, 0.1) is 12.0 Å². The number of carbonyl (C=O) groups excluding carboxylic acids is 2. The van der Waals surface area contributed by atoms with Crippen molar-refractivity contribution in [1.29, 1.82) is 0 Å². The predicted molar refractivity (Wildman–Crippen MR) is 87.4 cm³/mol. The summed E-state index contributed by atoms with van der Waals surface area (Å²) in [5.74, 6) is 0.105.